The molecule has 0 radical (unpaired) electrons. The monoisotopic (exact) mass is 299 g/mol. The second kappa shape index (κ2) is 7.12. The fourth-order valence-electron chi connectivity index (χ4n) is 3.26. The molecule has 2 aromatic carbocycles. The van der Waals surface area contributed by atoms with Gasteiger partial charge in [0.25, 0.3) is 0 Å². The number of likely N-dealkylation sites (tertiary alicyclic amines) is 1. The average Bonchev–Trinajstić information content (AvgIpc) is 2.55. The zero-order chi connectivity index (χ0) is 15.4. The molecule has 0 amide bonds. The summed E-state index contributed by atoms with van der Waals surface area (Å²) in [6, 6.07) is 14.8. The van der Waals surface area contributed by atoms with E-state index in [-0.39, 0.29) is 0 Å². The number of aliphatic hydroxyl groups excluding tert-OH is 1. The van der Waals surface area contributed by atoms with Crippen molar-refractivity contribution in [3.8, 4) is 5.75 Å². The number of rotatable bonds is 5. The summed E-state index contributed by atoms with van der Waals surface area (Å²) in [5.74, 6) is 0.851. The van der Waals surface area contributed by atoms with E-state index in [4.69, 9.17) is 4.74 Å². The summed E-state index contributed by atoms with van der Waals surface area (Å²) >= 11 is 0. The maximum Gasteiger partial charge on any atom is 0.127 e. The molecule has 2 aromatic rings. The Labute approximate surface area is 132 Å². The third-order valence-electron chi connectivity index (χ3n) is 4.57. The number of ether oxygens (including phenoxy) is 1. The van der Waals surface area contributed by atoms with Crippen LogP contribution in [0.3, 0.4) is 0 Å². The van der Waals surface area contributed by atoms with Crippen LogP contribution in [-0.2, 0) is 0 Å². The molecule has 1 saturated heterocycles. The van der Waals surface area contributed by atoms with Crippen LogP contribution in [0.1, 0.15) is 26.2 Å². The van der Waals surface area contributed by atoms with Crippen LogP contribution in [0.15, 0.2) is 42.5 Å². The summed E-state index contributed by atoms with van der Waals surface area (Å²) < 4.78 is 5.88. The van der Waals surface area contributed by atoms with Crippen molar-refractivity contribution in [3.63, 3.8) is 0 Å². The van der Waals surface area contributed by atoms with Gasteiger partial charge in [-0.1, -0.05) is 42.8 Å². The minimum Gasteiger partial charge on any atom is -0.490 e. The molecule has 3 rings (SSSR count). The quantitative estimate of drug-likeness (QED) is 0.918. The van der Waals surface area contributed by atoms with Gasteiger partial charge in [-0.25, -0.2) is 0 Å². The molecule has 1 fully saturated rings. The van der Waals surface area contributed by atoms with E-state index in [9.17, 15) is 5.11 Å². The van der Waals surface area contributed by atoms with Crippen LogP contribution in [0.5, 0.6) is 5.75 Å². The fraction of sp³-hybridized carbons (Fsp3) is 0.474. The normalized spacial score (nSPS) is 20.9. The Morgan fingerprint density at radius 2 is 2.00 bits per heavy atom. The molecule has 0 unspecified atom stereocenters. The predicted molar refractivity (Wildman–Crippen MR) is 90.3 cm³/mol. The lowest BCUT2D eigenvalue weighted by molar-refractivity contribution is 0.0441. The Kier molecular flexibility index (Phi) is 4.96. The SMILES string of the molecule is C[C@H]1CCCCN1C[C@H](O)COc1cccc2ccccc12. The number of nitrogens with zero attached hydrogens (tertiary/aromatic N) is 1. The number of hydrogen-bond donors (Lipinski definition) is 1. The minimum atomic E-state index is -0.445. The van der Waals surface area contributed by atoms with Crippen molar-refractivity contribution in [1.82, 2.24) is 4.90 Å². The van der Waals surface area contributed by atoms with Crippen molar-refractivity contribution in [3.05, 3.63) is 42.5 Å². The van der Waals surface area contributed by atoms with Crippen molar-refractivity contribution < 1.29 is 9.84 Å². The first-order chi connectivity index (χ1) is 10.7. The second-order valence-corrected chi connectivity index (χ2v) is 6.28. The molecule has 0 spiro atoms. The van der Waals surface area contributed by atoms with Crippen LogP contribution in [-0.4, -0.2) is 41.8 Å². The second-order valence-electron chi connectivity index (χ2n) is 6.28. The van der Waals surface area contributed by atoms with E-state index in [1.807, 2.05) is 24.3 Å². The molecule has 3 heteroatoms. The first kappa shape index (κ1) is 15.3. The van der Waals surface area contributed by atoms with E-state index in [0.717, 1.165) is 17.7 Å². The van der Waals surface area contributed by atoms with Gasteiger partial charge in [-0.2, -0.15) is 0 Å². The first-order valence-corrected chi connectivity index (χ1v) is 8.27. The minimum absolute atomic E-state index is 0.344. The molecule has 1 heterocycles. The Hall–Kier alpha value is -1.58. The van der Waals surface area contributed by atoms with Gasteiger partial charge >= 0.3 is 0 Å². The number of fused-ring (bicyclic) bond motifs is 1. The highest BCUT2D eigenvalue weighted by atomic mass is 16.5. The molecule has 1 aliphatic heterocycles. The van der Waals surface area contributed by atoms with Crippen LogP contribution in [0.2, 0.25) is 0 Å². The first-order valence-electron chi connectivity index (χ1n) is 8.27. The maximum absolute atomic E-state index is 10.3. The third kappa shape index (κ3) is 3.60. The van der Waals surface area contributed by atoms with E-state index in [1.165, 1.54) is 24.6 Å². The van der Waals surface area contributed by atoms with Crippen molar-refractivity contribution in [2.45, 2.75) is 38.3 Å². The molecular formula is C19H25NO2. The summed E-state index contributed by atoms with van der Waals surface area (Å²) in [7, 11) is 0. The largest absolute Gasteiger partial charge is 0.490 e. The van der Waals surface area contributed by atoms with Crippen molar-refractivity contribution >= 4 is 10.8 Å². The molecule has 0 bridgehead atoms. The van der Waals surface area contributed by atoms with Crippen LogP contribution >= 0.6 is 0 Å². The Bertz CT molecular complexity index is 608. The highest BCUT2D eigenvalue weighted by Crippen LogP contribution is 2.25. The van der Waals surface area contributed by atoms with Gasteiger partial charge < -0.3 is 9.84 Å². The zero-order valence-electron chi connectivity index (χ0n) is 13.2. The van der Waals surface area contributed by atoms with Crippen LogP contribution in [0, 0.1) is 0 Å². The van der Waals surface area contributed by atoms with Crippen molar-refractivity contribution in [1.29, 1.82) is 0 Å². The molecule has 22 heavy (non-hydrogen) atoms. The Morgan fingerprint density at radius 3 is 2.86 bits per heavy atom. The molecule has 3 nitrogen and oxygen atoms in total. The Morgan fingerprint density at radius 1 is 1.18 bits per heavy atom. The molecule has 0 aromatic heterocycles. The summed E-state index contributed by atoms with van der Waals surface area (Å²) in [5, 5.41) is 12.6. The van der Waals surface area contributed by atoms with Crippen LogP contribution < -0.4 is 4.74 Å². The average molecular weight is 299 g/mol. The van der Waals surface area contributed by atoms with Gasteiger partial charge in [-0.05, 0) is 37.8 Å². The summed E-state index contributed by atoms with van der Waals surface area (Å²) in [6.07, 6.45) is 3.33. The highest BCUT2D eigenvalue weighted by Gasteiger charge is 2.21. The number of benzene rings is 2. The predicted octanol–water partition coefficient (Wildman–Crippen LogP) is 3.45. The van der Waals surface area contributed by atoms with Crippen LogP contribution in [0.4, 0.5) is 0 Å². The summed E-state index contributed by atoms with van der Waals surface area (Å²) in [4.78, 5) is 2.38. The van der Waals surface area contributed by atoms with E-state index in [1.54, 1.807) is 0 Å². The zero-order valence-corrected chi connectivity index (χ0v) is 13.2. The van der Waals surface area contributed by atoms with Crippen LogP contribution in [0.25, 0.3) is 10.8 Å². The van der Waals surface area contributed by atoms with Gasteiger partial charge in [0.2, 0.25) is 0 Å². The van der Waals surface area contributed by atoms with Gasteiger partial charge in [0.1, 0.15) is 18.5 Å². The van der Waals surface area contributed by atoms with E-state index in [0.29, 0.717) is 19.2 Å². The van der Waals surface area contributed by atoms with Gasteiger partial charge in [0.05, 0.1) is 0 Å². The summed E-state index contributed by atoms with van der Waals surface area (Å²) in [5.41, 5.74) is 0. The number of piperidine rings is 1. The van der Waals surface area contributed by atoms with E-state index >= 15 is 0 Å². The lowest BCUT2D eigenvalue weighted by atomic mass is 10.0. The Balaban J connectivity index is 1.59. The topological polar surface area (TPSA) is 32.7 Å². The van der Waals surface area contributed by atoms with Crippen molar-refractivity contribution in [2.75, 3.05) is 19.7 Å². The number of hydrogen-bond acceptors (Lipinski definition) is 3. The van der Waals surface area contributed by atoms with Crippen molar-refractivity contribution in [2.24, 2.45) is 0 Å². The van der Waals surface area contributed by atoms with Gasteiger partial charge in [-0.3, -0.25) is 4.90 Å². The molecule has 2 atom stereocenters. The molecular weight excluding hydrogens is 274 g/mol. The molecule has 1 aliphatic rings. The molecule has 0 aliphatic carbocycles. The van der Waals surface area contributed by atoms with Gasteiger partial charge in [0.15, 0.2) is 0 Å². The molecule has 118 valence electrons. The third-order valence-corrected chi connectivity index (χ3v) is 4.57. The number of β-amino-alcohol motifs (C(OH)–C–C–N with tert-alkyl or cyclic N) is 1. The molecule has 1 N–H and O–H groups in total. The molecule has 0 saturated carbocycles. The lowest BCUT2D eigenvalue weighted by Gasteiger charge is -2.34. The smallest absolute Gasteiger partial charge is 0.127 e. The summed E-state index contributed by atoms with van der Waals surface area (Å²) in [6.45, 7) is 4.38. The highest BCUT2D eigenvalue weighted by molar-refractivity contribution is 5.88. The van der Waals surface area contributed by atoms with Gasteiger partial charge in [0, 0.05) is 18.0 Å². The maximum atomic E-state index is 10.3. The van der Waals surface area contributed by atoms with E-state index < -0.39 is 6.10 Å². The fourth-order valence-corrected chi connectivity index (χ4v) is 3.26. The van der Waals surface area contributed by atoms with Gasteiger partial charge in [-0.15, -0.1) is 0 Å². The van der Waals surface area contributed by atoms with E-state index in [2.05, 4.69) is 30.0 Å². The number of aliphatic hydroxyl groups is 1. The standard InChI is InChI=1S/C19H25NO2/c1-15-7-4-5-12-20(15)13-17(21)14-22-19-11-6-9-16-8-2-3-10-18(16)19/h2-3,6,8-11,15,17,21H,4-5,7,12-14H2,1H3/t15-,17-/m0/s1. The lowest BCUT2D eigenvalue weighted by Crippen LogP contribution is -2.43.